The maximum atomic E-state index is 11.1. The average Bonchev–Trinajstić information content (AvgIpc) is 2.64. The highest BCUT2D eigenvalue weighted by Crippen LogP contribution is 2.30. The molecule has 0 saturated heterocycles. The van der Waals surface area contributed by atoms with Gasteiger partial charge >= 0.3 is 0 Å². The number of hydrogen-bond donors (Lipinski definition) is 2. The third kappa shape index (κ3) is 4.10. The van der Waals surface area contributed by atoms with Crippen LogP contribution in [0.2, 0.25) is 0 Å². The number of hydrogen-bond acceptors (Lipinski definition) is 5. The van der Waals surface area contributed by atoms with Crippen LogP contribution < -0.4 is 10.8 Å². The summed E-state index contributed by atoms with van der Waals surface area (Å²) in [6.07, 6.45) is 3.12. The largest absolute Gasteiger partial charge is 0.379 e. The minimum Gasteiger partial charge on any atom is -0.379 e. The Morgan fingerprint density at radius 3 is 2.72 bits per heavy atom. The Hall–Kier alpha value is -2.99. The van der Waals surface area contributed by atoms with Gasteiger partial charge in [-0.2, -0.15) is 0 Å². The van der Waals surface area contributed by atoms with Crippen molar-refractivity contribution in [3.63, 3.8) is 0 Å². The Balaban J connectivity index is 1.93. The maximum absolute atomic E-state index is 11.1. The molecule has 3 aromatic rings. The Morgan fingerprint density at radius 2 is 1.96 bits per heavy atom. The molecule has 1 aromatic carbocycles. The van der Waals surface area contributed by atoms with Crippen LogP contribution in [0.15, 0.2) is 54.9 Å². The first-order valence-corrected chi connectivity index (χ1v) is 8.09. The first-order valence-electron chi connectivity index (χ1n) is 8.09. The van der Waals surface area contributed by atoms with Crippen molar-refractivity contribution >= 4 is 22.6 Å². The summed E-state index contributed by atoms with van der Waals surface area (Å²) in [5.41, 5.74) is 6.79. The van der Waals surface area contributed by atoms with E-state index in [4.69, 9.17) is 4.84 Å². The maximum Gasteiger partial charge on any atom is 0.240 e. The third-order valence-electron chi connectivity index (χ3n) is 3.78. The fourth-order valence-corrected chi connectivity index (χ4v) is 2.55. The van der Waals surface area contributed by atoms with Crippen molar-refractivity contribution in [1.29, 1.82) is 0 Å². The normalized spacial score (nSPS) is 11.9. The molecule has 0 aliphatic carbocycles. The summed E-state index contributed by atoms with van der Waals surface area (Å²) in [4.78, 5) is 25.4. The second-order valence-electron chi connectivity index (χ2n) is 5.72. The summed E-state index contributed by atoms with van der Waals surface area (Å²) in [6.45, 7) is 3.91. The highest BCUT2D eigenvalue weighted by molar-refractivity contribution is 5.89. The van der Waals surface area contributed by atoms with E-state index < -0.39 is 0 Å². The number of anilines is 1. The lowest BCUT2D eigenvalue weighted by molar-refractivity contribution is -0.135. The van der Waals surface area contributed by atoms with Gasteiger partial charge in [0.1, 0.15) is 11.6 Å². The van der Waals surface area contributed by atoms with Gasteiger partial charge in [-0.3, -0.25) is 19.6 Å². The zero-order valence-corrected chi connectivity index (χ0v) is 14.2. The summed E-state index contributed by atoms with van der Waals surface area (Å²) >= 11 is 0. The molecule has 2 heterocycles. The number of rotatable bonds is 6. The first kappa shape index (κ1) is 16.9. The fourth-order valence-electron chi connectivity index (χ4n) is 2.55. The molecule has 3 rings (SSSR count). The number of aromatic nitrogens is 2. The Bertz CT molecular complexity index is 868. The molecular formula is C19H20N4O2. The molecule has 0 radical (unpaired) electrons. The number of amides is 1. The van der Waals surface area contributed by atoms with Crippen LogP contribution in [-0.2, 0) is 16.2 Å². The molecule has 1 unspecified atom stereocenters. The van der Waals surface area contributed by atoms with Crippen molar-refractivity contribution in [1.82, 2.24) is 15.4 Å². The van der Waals surface area contributed by atoms with Crippen LogP contribution in [0.4, 0.5) is 5.69 Å². The standard InChI is InChI=1S/C19H20N4O2/c1-13(25-23-14(2)24)16-12-21-17-9-6-10-20-19(17)18(16)22-11-15-7-4-3-5-8-15/h3-10,12-13H,11H2,1-2H3,(H,21,22)(H,23,24). The molecule has 0 aliphatic rings. The molecule has 6 heteroatoms. The van der Waals surface area contributed by atoms with Gasteiger partial charge in [0.25, 0.3) is 0 Å². The number of carbonyl (C=O) groups is 1. The Kier molecular flexibility index (Phi) is 5.20. The van der Waals surface area contributed by atoms with Crippen LogP contribution in [0, 0.1) is 0 Å². The summed E-state index contributed by atoms with van der Waals surface area (Å²) in [6, 6.07) is 13.9. The van der Waals surface area contributed by atoms with Crippen LogP contribution in [-0.4, -0.2) is 15.9 Å². The molecule has 0 fully saturated rings. The molecule has 6 nitrogen and oxygen atoms in total. The summed E-state index contributed by atoms with van der Waals surface area (Å²) < 4.78 is 0. The van der Waals surface area contributed by atoms with Gasteiger partial charge in [0.2, 0.25) is 5.91 Å². The van der Waals surface area contributed by atoms with Crippen molar-refractivity contribution in [2.75, 3.05) is 5.32 Å². The van der Waals surface area contributed by atoms with Gasteiger partial charge in [-0.15, -0.1) is 0 Å². The fraction of sp³-hybridized carbons (Fsp3) is 0.211. The summed E-state index contributed by atoms with van der Waals surface area (Å²) in [5.74, 6) is -0.252. The van der Waals surface area contributed by atoms with Crippen molar-refractivity contribution in [2.24, 2.45) is 0 Å². The predicted octanol–water partition coefficient (Wildman–Crippen LogP) is 3.37. The number of carbonyl (C=O) groups excluding carboxylic acids is 1. The molecule has 2 aromatic heterocycles. The van der Waals surface area contributed by atoms with E-state index in [2.05, 4.69) is 32.9 Å². The van der Waals surface area contributed by atoms with Crippen LogP contribution in [0.25, 0.3) is 11.0 Å². The minimum absolute atomic E-state index is 0.252. The number of benzene rings is 1. The predicted molar refractivity (Wildman–Crippen MR) is 96.6 cm³/mol. The van der Waals surface area contributed by atoms with E-state index in [1.54, 1.807) is 12.4 Å². The molecule has 1 atom stereocenters. The number of hydroxylamine groups is 1. The smallest absolute Gasteiger partial charge is 0.240 e. The first-order chi connectivity index (χ1) is 12.1. The van der Waals surface area contributed by atoms with Gasteiger partial charge in [-0.25, -0.2) is 5.48 Å². The SMILES string of the molecule is CC(=O)NOC(C)c1cnc2cccnc2c1NCc1ccccc1. The van der Waals surface area contributed by atoms with E-state index >= 15 is 0 Å². The van der Waals surface area contributed by atoms with Gasteiger partial charge in [0, 0.05) is 31.4 Å². The Morgan fingerprint density at radius 1 is 1.16 bits per heavy atom. The van der Waals surface area contributed by atoms with Gasteiger partial charge in [-0.1, -0.05) is 30.3 Å². The van der Waals surface area contributed by atoms with E-state index in [9.17, 15) is 4.79 Å². The zero-order chi connectivity index (χ0) is 17.6. The Labute approximate surface area is 146 Å². The summed E-state index contributed by atoms with van der Waals surface area (Å²) in [7, 11) is 0. The monoisotopic (exact) mass is 336 g/mol. The minimum atomic E-state index is -0.374. The highest BCUT2D eigenvalue weighted by Gasteiger charge is 2.16. The number of pyridine rings is 2. The summed E-state index contributed by atoms with van der Waals surface area (Å²) in [5, 5.41) is 3.45. The van der Waals surface area contributed by atoms with E-state index in [0.717, 1.165) is 27.8 Å². The molecule has 1 amide bonds. The van der Waals surface area contributed by atoms with Crippen molar-refractivity contribution in [2.45, 2.75) is 26.5 Å². The van der Waals surface area contributed by atoms with Crippen molar-refractivity contribution in [3.05, 3.63) is 66.0 Å². The molecule has 2 N–H and O–H groups in total. The zero-order valence-electron chi connectivity index (χ0n) is 14.2. The lowest BCUT2D eigenvalue weighted by Gasteiger charge is -2.19. The molecule has 25 heavy (non-hydrogen) atoms. The van der Waals surface area contributed by atoms with Gasteiger partial charge in [0.05, 0.1) is 11.2 Å². The van der Waals surface area contributed by atoms with Crippen LogP contribution in [0.3, 0.4) is 0 Å². The lowest BCUT2D eigenvalue weighted by atomic mass is 10.1. The quantitative estimate of drug-likeness (QED) is 0.675. The van der Waals surface area contributed by atoms with Gasteiger partial charge in [0.15, 0.2) is 0 Å². The molecule has 0 saturated carbocycles. The number of nitrogens with one attached hydrogen (secondary N) is 2. The lowest BCUT2D eigenvalue weighted by Crippen LogP contribution is -2.22. The van der Waals surface area contributed by atoms with E-state index in [0.29, 0.717) is 6.54 Å². The highest BCUT2D eigenvalue weighted by atomic mass is 16.7. The van der Waals surface area contributed by atoms with Crippen LogP contribution >= 0.6 is 0 Å². The number of fused-ring (bicyclic) bond motifs is 1. The van der Waals surface area contributed by atoms with Gasteiger partial charge in [-0.05, 0) is 24.6 Å². The van der Waals surface area contributed by atoms with E-state index in [-0.39, 0.29) is 12.0 Å². The van der Waals surface area contributed by atoms with Crippen LogP contribution in [0.1, 0.15) is 31.1 Å². The molecule has 128 valence electrons. The van der Waals surface area contributed by atoms with Crippen LogP contribution in [0.5, 0.6) is 0 Å². The van der Waals surface area contributed by atoms with Crippen molar-refractivity contribution < 1.29 is 9.63 Å². The molecular weight excluding hydrogens is 316 g/mol. The average molecular weight is 336 g/mol. The van der Waals surface area contributed by atoms with Gasteiger partial charge < -0.3 is 5.32 Å². The molecule has 0 aliphatic heterocycles. The number of nitrogens with zero attached hydrogens (tertiary/aromatic N) is 2. The topological polar surface area (TPSA) is 76.1 Å². The third-order valence-corrected chi connectivity index (χ3v) is 3.78. The van der Waals surface area contributed by atoms with Crippen molar-refractivity contribution in [3.8, 4) is 0 Å². The second kappa shape index (κ2) is 7.72. The second-order valence-corrected chi connectivity index (χ2v) is 5.72. The van der Waals surface area contributed by atoms with E-state index in [1.165, 1.54) is 6.92 Å². The molecule has 0 bridgehead atoms. The molecule has 0 spiro atoms. The van der Waals surface area contributed by atoms with E-state index in [1.807, 2.05) is 37.3 Å².